The molecule has 0 heterocycles. The summed E-state index contributed by atoms with van der Waals surface area (Å²) in [5, 5.41) is 1.50. The van der Waals surface area contributed by atoms with Crippen molar-refractivity contribution in [2.24, 2.45) is 0 Å². The highest BCUT2D eigenvalue weighted by atomic mass is 35.5. The summed E-state index contributed by atoms with van der Waals surface area (Å²) in [6, 6.07) is 33.4. The number of halogens is 3. The number of hydrogen-bond acceptors (Lipinski definition) is 6. The van der Waals surface area contributed by atoms with Crippen LogP contribution in [-0.2, 0) is 0 Å². The first-order chi connectivity index (χ1) is 24.7. The minimum absolute atomic E-state index is 0.429. The fourth-order valence-electron chi connectivity index (χ4n) is 6.29. The molecule has 0 aliphatic heterocycles. The van der Waals surface area contributed by atoms with Crippen molar-refractivity contribution in [2.45, 2.75) is 0 Å². The summed E-state index contributed by atoms with van der Waals surface area (Å²) in [6.45, 7) is 0. The van der Waals surface area contributed by atoms with E-state index in [0.717, 1.165) is 61.4 Å². The second kappa shape index (κ2) is 15.5. The van der Waals surface area contributed by atoms with E-state index >= 15 is 0 Å². The number of ether oxygens (including phenoxy) is 6. The molecule has 6 aromatic carbocycles. The minimum Gasteiger partial charge on any atom is -0.497 e. The Morgan fingerprint density at radius 3 is 1.41 bits per heavy atom. The molecule has 0 atom stereocenters. The van der Waals surface area contributed by atoms with Crippen LogP contribution in [0.4, 0.5) is 0 Å². The molecule has 6 rings (SSSR count). The molecule has 0 aliphatic rings. The molecule has 260 valence electrons. The molecule has 0 saturated heterocycles. The summed E-state index contributed by atoms with van der Waals surface area (Å²) >= 11 is 19.7. The highest BCUT2D eigenvalue weighted by Crippen LogP contribution is 2.53. The molecule has 0 bridgehead atoms. The largest absolute Gasteiger partial charge is 0.497 e. The van der Waals surface area contributed by atoms with Crippen LogP contribution in [0.2, 0.25) is 15.1 Å². The average molecular weight is 742 g/mol. The lowest BCUT2D eigenvalue weighted by Crippen LogP contribution is -2.00. The summed E-state index contributed by atoms with van der Waals surface area (Å²) in [5.74, 6) is 3.40. The van der Waals surface area contributed by atoms with Gasteiger partial charge < -0.3 is 28.4 Å². The lowest BCUT2D eigenvalue weighted by atomic mass is 9.78. The molecule has 0 fully saturated rings. The van der Waals surface area contributed by atoms with Crippen molar-refractivity contribution < 1.29 is 28.4 Å². The maximum atomic E-state index is 6.74. The minimum atomic E-state index is 0.429. The van der Waals surface area contributed by atoms with Crippen molar-refractivity contribution in [1.82, 2.24) is 0 Å². The highest BCUT2D eigenvalue weighted by molar-refractivity contribution is 6.42. The van der Waals surface area contributed by atoms with E-state index in [2.05, 4.69) is 6.07 Å². The monoisotopic (exact) mass is 740 g/mol. The van der Waals surface area contributed by atoms with Crippen molar-refractivity contribution >= 4 is 34.8 Å². The highest BCUT2D eigenvalue weighted by Gasteiger charge is 2.26. The molecule has 0 aromatic heterocycles. The molecule has 0 N–H and O–H groups in total. The molecule has 0 radical (unpaired) electrons. The van der Waals surface area contributed by atoms with Crippen molar-refractivity contribution in [3.05, 3.63) is 118 Å². The molecule has 6 aromatic rings. The standard InChI is InChI=1S/C42H35Cl3O6/c1-46-30-15-9-25(10-16-30)41-39(26-11-17-33(44)34(45)19-26)31(24-7-13-29(43)14-8-24)23-32(28-21-37(49-4)42(51-6)38(22-28)50-5)40(41)27-12-18-35(47-2)36(20-27)48-3/h7-23H,1-6H3. The van der Waals surface area contributed by atoms with Crippen LogP contribution in [0.3, 0.4) is 0 Å². The third-order valence-electron chi connectivity index (χ3n) is 8.72. The summed E-state index contributed by atoms with van der Waals surface area (Å²) in [4.78, 5) is 0. The molecule has 0 amide bonds. The molecular formula is C42H35Cl3O6. The molecule has 9 heteroatoms. The predicted molar refractivity (Wildman–Crippen MR) is 208 cm³/mol. The summed E-state index contributed by atoms with van der Waals surface area (Å²) < 4.78 is 34.4. The fourth-order valence-corrected chi connectivity index (χ4v) is 6.72. The molecule has 0 aliphatic carbocycles. The van der Waals surface area contributed by atoms with Gasteiger partial charge in [-0.2, -0.15) is 0 Å². The summed E-state index contributed by atoms with van der Waals surface area (Å²) in [6.07, 6.45) is 0. The third kappa shape index (κ3) is 7.00. The Kier molecular flexibility index (Phi) is 10.9. The van der Waals surface area contributed by atoms with Gasteiger partial charge in [-0.3, -0.25) is 0 Å². The normalized spacial score (nSPS) is 10.8. The molecule has 51 heavy (non-hydrogen) atoms. The van der Waals surface area contributed by atoms with Crippen molar-refractivity contribution in [1.29, 1.82) is 0 Å². The van der Waals surface area contributed by atoms with Crippen LogP contribution in [0.25, 0.3) is 55.6 Å². The van der Waals surface area contributed by atoms with Gasteiger partial charge >= 0.3 is 0 Å². The zero-order valence-electron chi connectivity index (χ0n) is 28.9. The lowest BCUT2D eigenvalue weighted by molar-refractivity contribution is 0.324. The van der Waals surface area contributed by atoms with Crippen LogP contribution >= 0.6 is 34.8 Å². The Morgan fingerprint density at radius 1 is 0.353 bits per heavy atom. The van der Waals surface area contributed by atoms with Crippen LogP contribution in [0.15, 0.2) is 103 Å². The molecule has 0 saturated carbocycles. The first-order valence-electron chi connectivity index (χ1n) is 15.8. The summed E-state index contributed by atoms with van der Waals surface area (Å²) in [5.41, 5.74) is 8.93. The van der Waals surface area contributed by atoms with Crippen LogP contribution in [0, 0.1) is 0 Å². The first kappa shape index (κ1) is 35.8. The maximum Gasteiger partial charge on any atom is 0.203 e. The lowest BCUT2D eigenvalue weighted by Gasteiger charge is -2.25. The topological polar surface area (TPSA) is 55.4 Å². The molecule has 6 nitrogen and oxygen atoms in total. The average Bonchev–Trinajstić information content (AvgIpc) is 3.17. The zero-order chi connectivity index (χ0) is 36.2. The fraction of sp³-hybridized carbons (Fsp3) is 0.143. The zero-order valence-corrected chi connectivity index (χ0v) is 31.2. The maximum absolute atomic E-state index is 6.74. The number of rotatable bonds is 11. The first-order valence-corrected chi connectivity index (χ1v) is 17.0. The van der Waals surface area contributed by atoms with Gasteiger partial charge in [0.15, 0.2) is 23.0 Å². The Hall–Kier alpha value is -5.01. The predicted octanol–water partition coefficient (Wildman–Crippen LogP) is 12.0. The second-order valence-corrected chi connectivity index (χ2v) is 12.7. The van der Waals surface area contributed by atoms with E-state index in [1.807, 2.05) is 97.1 Å². The number of hydrogen-bond donors (Lipinski definition) is 0. The van der Waals surface area contributed by atoms with Crippen molar-refractivity contribution in [3.63, 3.8) is 0 Å². The van der Waals surface area contributed by atoms with Gasteiger partial charge in [0.1, 0.15) is 5.75 Å². The van der Waals surface area contributed by atoms with Gasteiger partial charge in [0, 0.05) is 5.02 Å². The Labute approximate surface area is 312 Å². The van der Waals surface area contributed by atoms with Gasteiger partial charge in [0.05, 0.1) is 52.7 Å². The molecule has 0 spiro atoms. The second-order valence-electron chi connectivity index (χ2n) is 11.4. The number of benzene rings is 6. The van der Waals surface area contributed by atoms with E-state index in [-0.39, 0.29) is 0 Å². The molecular weight excluding hydrogens is 707 g/mol. The molecule has 0 unspecified atom stereocenters. The van der Waals surface area contributed by atoms with Gasteiger partial charge in [0.2, 0.25) is 5.75 Å². The smallest absolute Gasteiger partial charge is 0.203 e. The van der Waals surface area contributed by atoms with Crippen LogP contribution in [0.5, 0.6) is 34.5 Å². The van der Waals surface area contributed by atoms with E-state index in [1.165, 1.54) is 0 Å². The Bertz CT molecular complexity index is 2170. The van der Waals surface area contributed by atoms with Gasteiger partial charge in [-0.1, -0.05) is 71.2 Å². The third-order valence-corrected chi connectivity index (χ3v) is 9.71. The quantitative estimate of drug-likeness (QED) is 0.132. The van der Waals surface area contributed by atoms with Gasteiger partial charge in [-0.15, -0.1) is 0 Å². The SMILES string of the molecule is COc1ccc(-c2c(-c3ccc(Cl)c(Cl)c3)c(-c3ccc(Cl)cc3)cc(-c3cc(OC)c(OC)c(OC)c3)c2-c2ccc(OC)c(OC)c2)cc1. The van der Waals surface area contributed by atoms with E-state index in [0.29, 0.717) is 43.8 Å². The van der Waals surface area contributed by atoms with E-state index in [9.17, 15) is 0 Å². The summed E-state index contributed by atoms with van der Waals surface area (Å²) in [7, 11) is 9.68. The van der Waals surface area contributed by atoms with Gasteiger partial charge in [0.25, 0.3) is 0 Å². The van der Waals surface area contributed by atoms with E-state index < -0.39 is 0 Å². The number of methoxy groups -OCH3 is 6. The van der Waals surface area contributed by atoms with Crippen molar-refractivity contribution in [2.75, 3.05) is 42.7 Å². The van der Waals surface area contributed by atoms with E-state index in [4.69, 9.17) is 63.2 Å². The van der Waals surface area contributed by atoms with E-state index in [1.54, 1.807) is 42.7 Å². The van der Waals surface area contributed by atoms with Gasteiger partial charge in [-0.25, -0.2) is 0 Å². The van der Waals surface area contributed by atoms with Crippen LogP contribution in [-0.4, -0.2) is 42.7 Å². The van der Waals surface area contributed by atoms with Gasteiger partial charge in [-0.05, 0) is 122 Å². The Balaban J connectivity index is 1.88. The van der Waals surface area contributed by atoms with Crippen LogP contribution in [0.1, 0.15) is 0 Å². The van der Waals surface area contributed by atoms with Crippen LogP contribution < -0.4 is 28.4 Å². The Morgan fingerprint density at radius 2 is 0.863 bits per heavy atom. The van der Waals surface area contributed by atoms with Crippen molar-refractivity contribution in [3.8, 4) is 90.1 Å².